The molecule has 0 saturated heterocycles. The van der Waals surface area contributed by atoms with Gasteiger partial charge in [0.25, 0.3) is 0 Å². The van der Waals surface area contributed by atoms with Crippen LogP contribution in [0.2, 0.25) is 0 Å². The summed E-state index contributed by atoms with van der Waals surface area (Å²) in [4.78, 5) is 17.0. The van der Waals surface area contributed by atoms with E-state index in [0.717, 1.165) is 30.1 Å². The Labute approximate surface area is 121 Å². The van der Waals surface area contributed by atoms with Crippen molar-refractivity contribution >= 4 is 22.9 Å². The van der Waals surface area contributed by atoms with E-state index in [9.17, 15) is 4.79 Å². The van der Waals surface area contributed by atoms with Crippen LogP contribution in [-0.2, 0) is 17.9 Å². The van der Waals surface area contributed by atoms with E-state index in [2.05, 4.69) is 20.7 Å². The molecule has 0 unspecified atom stereocenters. The minimum atomic E-state index is 0.0280. The number of aryl methyl sites for hydroxylation is 1. The maximum atomic E-state index is 11.7. The second-order valence-corrected chi connectivity index (χ2v) is 6.29. The molecule has 0 aliphatic heterocycles. The topological polar surface area (TPSA) is 71.8 Å². The largest absolute Gasteiger partial charge is 0.378 e. The van der Waals surface area contributed by atoms with Crippen LogP contribution in [0, 0.1) is 6.92 Å². The van der Waals surface area contributed by atoms with Gasteiger partial charge in [0.15, 0.2) is 0 Å². The molecule has 0 bridgehead atoms. The van der Waals surface area contributed by atoms with Crippen LogP contribution in [0.5, 0.6) is 0 Å². The molecule has 2 N–H and O–H groups in total. The van der Waals surface area contributed by atoms with Gasteiger partial charge in [-0.05, 0) is 19.8 Å². The van der Waals surface area contributed by atoms with Crippen molar-refractivity contribution in [1.29, 1.82) is 0 Å². The lowest BCUT2D eigenvalue weighted by Crippen LogP contribution is -2.29. The number of carbonyl (C=O) groups excluding carboxylic acids is 1. The Bertz CT molecular complexity index is 601. The molecular weight excluding hydrogens is 274 g/mol. The molecule has 0 atom stereocenters. The number of nitrogens with zero attached hydrogens (tertiary/aromatic N) is 3. The van der Waals surface area contributed by atoms with Gasteiger partial charge in [0, 0.05) is 23.3 Å². The summed E-state index contributed by atoms with van der Waals surface area (Å²) in [5, 5.41) is 11.5. The molecule has 20 heavy (non-hydrogen) atoms. The molecule has 1 saturated carbocycles. The molecule has 7 heteroatoms. The smallest absolute Gasteiger partial charge is 0.241 e. The molecule has 2 aromatic heterocycles. The maximum absolute atomic E-state index is 11.7. The van der Waals surface area contributed by atoms with E-state index in [1.54, 1.807) is 22.2 Å². The fourth-order valence-electron chi connectivity index (χ4n) is 1.87. The van der Waals surface area contributed by atoms with Gasteiger partial charge in [-0.2, -0.15) is 5.10 Å². The molecule has 3 rings (SSSR count). The second kappa shape index (κ2) is 5.62. The van der Waals surface area contributed by atoms with Crippen molar-refractivity contribution in [2.24, 2.45) is 0 Å². The Morgan fingerprint density at radius 2 is 2.35 bits per heavy atom. The number of hydrogen-bond donors (Lipinski definition) is 2. The first kappa shape index (κ1) is 13.1. The molecule has 0 radical (unpaired) electrons. The number of anilines is 1. The number of thiazole rings is 1. The minimum Gasteiger partial charge on any atom is -0.378 e. The van der Waals surface area contributed by atoms with Gasteiger partial charge < -0.3 is 10.6 Å². The van der Waals surface area contributed by atoms with Crippen molar-refractivity contribution in [3.8, 4) is 0 Å². The van der Waals surface area contributed by atoms with Crippen LogP contribution in [0.1, 0.15) is 22.7 Å². The van der Waals surface area contributed by atoms with E-state index in [1.807, 2.05) is 19.3 Å². The lowest BCUT2D eigenvalue weighted by atomic mass is 10.5. The minimum absolute atomic E-state index is 0.0280. The van der Waals surface area contributed by atoms with Crippen LogP contribution in [-0.4, -0.2) is 26.7 Å². The van der Waals surface area contributed by atoms with Crippen LogP contribution in [0.3, 0.4) is 0 Å². The molecule has 106 valence electrons. The van der Waals surface area contributed by atoms with Crippen LogP contribution in [0.15, 0.2) is 18.6 Å². The van der Waals surface area contributed by atoms with Crippen molar-refractivity contribution in [3.05, 3.63) is 28.5 Å². The highest BCUT2D eigenvalue weighted by atomic mass is 32.1. The third kappa shape index (κ3) is 3.57. The predicted octanol–water partition coefficient (Wildman–Crippen LogP) is 1.54. The van der Waals surface area contributed by atoms with E-state index in [-0.39, 0.29) is 12.5 Å². The Kier molecular flexibility index (Phi) is 3.68. The van der Waals surface area contributed by atoms with Gasteiger partial charge in [0.05, 0.1) is 23.4 Å². The fourth-order valence-corrected chi connectivity index (χ4v) is 2.60. The number of rotatable bonds is 6. The van der Waals surface area contributed by atoms with Crippen LogP contribution in [0.25, 0.3) is 0 Å². The Morgan fingerprint density at radius 1 is 1.50 bits per heavy atom. The summed E-state index contributed by atoms with van der Waals surface area (Å²) < 4.78 is 1.65. The van der Waals surface area contributed by atoms with Gasteiger partial charge in [0.1, 0.15) is 6.54 Å². The quantitative estimate of drug-likeness (QED) is 0.847. The zero-order valence-electron chi connectivity index (χ0n) is 11.3. The Morgan fingerprint density at radius 3 is 3.05 bits per heavy atom. The van der Waals surface area contributed by atoms with Crippen molar-refractivity contribution in [3.63, 3.8) is 0 Å². The standard InChI is InChI=1S/C13H17N5OS/c1-9-14-5-12(20-9)6-15-11-4-16-18(7-11)8-13(19)17-10-2-3-10/h4-5,7,10,15H,2-3,6,8H2,1H3,(H,17,19). The SMILES string of the molecule is Cc1ncc(CNc2cnn(CC(=O)NC3CC3)c2)s1. The van der Waals surface area contributed by atoms with Crippen LogP contribution >= 0.6 is 11.3 Å². The molecular formula is C13H17N5OS. The average molecular weight is 291 g/mol. The highest BCUT2D eigenvalue weighted by Gasteiger charge is 2.23. The van der Waals surface area contributed by atoms with Gasteiger partial charge in [0.2, 0.25) is 5.91 Å². The number of amides is 1. The molecule has 1 aliphatic carbocycles. The first-order valence-corrected chi connectivity index (χ1v) is 7.48. The second-order valence-electron chi connectivity index (χ2n) is 4.97. The fraction of sp³-hybridized carbons (Fsp3) is 0.462. The Hall–Kier alpha value is -1.89. The molecule has 6 nitrogen and oxygen atoms in total. The number of carbonyl (C=O) groups is 1. The lowest BCUT2D eigenvalue weighted by molar-refractivity contribution is -0.122. The van der Waals surface area contributed by atoms with Crippen molar-refractivity contribution < 1.29 is 4.79 Å². The monoisotopic (exact) mass is 291 g/mol. The molecule has 2 aromatic rings. The number of nitrogens with one attached hydrogen (secondary N) is 2. The Balaban J connectivity index is 1.49. The molecule has 0 spiro atoms. The van der Waals surface area contributed by atoms with Gasteiger partial charge >= 0.3 is 0 Å². The van der Waals surface area contributed by atoms with Crippen LogP contribution in [0.4, 0.5) is 5.69 Å². The maximum Gasteiger partial charge on any atom is 0.241 e. The highest BCUT2D eigenvalue weighted by Crippen LogP contribution is 2.18. The number of hydrogen-bond acceptors (Lipinski definition) is 5. The van der Waals surface area contributed by atoms with Gasteiger partial charge in [-0.3, -0.25) is 9.48 Å². The zero-order valence-corrected chi connectivity index (χ0v) is 12.1. The summed E-state index contributed by atoms with van der Waals surface area (Å²) in [6.07, 6.45) is 7.66. The first-order chi connectivity index (χ1) is 9.69. The van der Waals surface area contributed by atoms with Gasteiger partial charge in [-0.1, -0.05) is 0 Å². The van der Waals surface area contributed by atoms with E-state index in [0.29, 0.717) is 6.04 Å². The molecule has 1 amide bonds. The van der Waals surface area contributed by atoms with Crippen molar-refractivity contribution in [2.75, 3.05) is 5.32 Å². The van der Waals surface area contributed by atoms with Crippen molar-refractivity contribution in [1.82, 2.24) is 20.1 Å². The zero-order chi connectivity index (χ0) is 13.9. The van der Waals surface area contributed by atoms with E-state index >= 15 is 0 Å². The third-order valence-corrected chi connectivity index (χ3v) is 3.93. The van der Waals surface area contributed by atoms with Crippen LogP contribution < -0.4 is 10.6 Å². The normalized spacial score (nSPS) is 14.2. The number of aromatic nitrogens is 3. The summed E-state index contributed by atoms with van der Waals surface area (Å²) in [7, 11) is 0. The highest BCUT2D eigenvalue weighted by molar-refractivity contribution is 7.11. The summed E-state index contributed by atoms with van der Waals surface area (Å²) >= 11 is 1.67. The third-order valence-electron chi connectivity index (χ3n) is 3.02. The van der Waals surface area contributed by atoms with E-state index < -0.39 is 0 Å². The van der Waals surface area contributed by atoms with E-state index in [1.165, 1.54) is 4.88 Å². The summed E-state index contributed by atoms with van der Waals surface area (Å²) in [5.41, 5.74) is 0.912. The first-order valence-electron chi connectivity index (χ1n) is 6.66. The average Bonchev–Trinajstić information content (AvgIpc) is 2.94. The molecule has 0 aromatic carbocycles. The summed E-state index contributed by atoms with van der Waals surface area (Å²) in [6.45, 7) is 2.99. The van der Waals surface area contributed by atoms with Crippen molar-refractivity contribution in [2.45, 2.75) is 38.9 Å². The lowest BCUT2D eigenvalue weighted by Gasteiger charge is -2.03. The van der Waals surface area contributed by atoms with Gasteiger partial charge in [-0.25, -0.2) is 4.98 Å². The predicted molar refractivity (Wildman–Crippen MR) is 77.6 cm³/mol. The summed E-state index contributed by atoms with van der Waals surface area (Å²) in [6, 6.07) is 0.394. The van der Waals surface area contributed by atoms with Gasteiger partial charge in [-0.15, -0.1) is 11.3 Å². The summed E-state index contributed by atoms with van der Waals surface area (Å²) in [5.74, 6) is 0.0280. The molecule has 2 heterocycles. The molecule has 1 fully saturated rings. The van der Waals surface area contributed by atoms with E-state index in [4.69, 9.17) is 0 Å². The molecule has 1 aliphatic rings.